The number of carbonyl (C=O) groups is 7. The molecule has 7 aromatic rings. The first-order valence-electron chi connectivity index (χ1n) is 19.2. The molecule has 0 aliphatic heterocycles. The van der Waals surface area contributed by atoms with Crippen molar-refractivity contribution in [2.24, 2.45) is 0 Å². The first-order valence-corrected chi connectivity index (χ1v) is 20.1. The molecule has 4 aromatic carbocycles. The van der Waals surface area contributed by atoms with Crippen molar-refractivity contribution in [3.05, 3.63) is 218 Å². The highest BCUT2D eigenvalue weighted by molar-refractivity contribution is 7.08. The van der Waals surface area contributed by atoms with Gasteiger partial charge in [-0.15, -0.1) is 0 Å². The number of furan rings is 1. The van der Waals surface area contributed by atoms with Crippen molar-refractivity contribution in [2.75, 3.05) is 0 Å². The van der Waals surface area contributed by atoms with E-state index in [0.29, 0.717) is 11.1 Å². The van der Waals surface area contributed by atoms with Crippen LogP contribution in [0.5, 0.6) is 0 Å². The van der Waals surface area contributed by atoms with Crippen molar-refractivity contribution in [3.8, 4) is 0 Å². The van der Waals surface area contributed by atoms with Crippen LogP contribution in [0.2, 0.25) is 0 Å². The summed E-state index contributed by atoms with van der Waals surface area (Å²) < 4.78 is 4.57. The van der Waals surface area contributed by atoms with Crippen LogP contribution in [0.15, 0.2) is 155 Å². The second kappa shape index (κ2) is 30.7. The molecular formula is C52H53NO8S. The Balaban J connectivity index is 0.000000364. The van der Waals surface area contributed by atoms with Crippen LogP contribution in [0.3, 0.4) is 0 Å². The predicted octanol–water partition coefficient (Wildman–Crippen LogP) is 12.1. The van der Waals surface area contributed by atoms with Gasteiger partial charge < -0.3 is 4.42 Å². The molecule has 0 spiro atoms. The van der Waals surface area contributed by atoms with E-state index in [9.17, 15) is 33.6 Å². The summed E-state index contributed by atoms with van der Waals surface area (Å²) in [5.41, 5.74) is 10.8. The van der Waals surface area contributed by atoms with Crippen molar-refractivity contribution >= 4 is 55.3 Å². The van der Waals surface area contributed by atoms with Crippen molar-refractivity contribution in [1.82, 2.24) is 4.98 Å². The highest BCUT2D eigenvalue weighted by atomic mass is 32.1. The molecule has 0 radical (unpaired) electrons. The zero-order valence-corrected chi connectivity index (χ0v) is 36.9. The van der Waals surface area contributed by atoms with E-state index in [1.54, 1.807) is 30.5 Å². The molecule has 0 aliphatic carbocycles. The molecular weight excluding hydrogens is 799 g/mol. The van der Waals surface area contributed by atoms with E-state index in [0.717, 1.165) is 88.5 Å². The van der Waals surface area contributed by atoms with Crippen LogP contribution >= 0.6 is 11.3 Å². The van der Waals surface area contributed by atoms with Crippen LogP contribution in [0, 0.1) is 27.7 Å². The standard InChI is InChI=1S/C11H14O.C9H10O.2C8H8O.C6H5NO.C5H4O2.C5H4OS/c1-11(2,3)10-6-4-9(8-12)5-7-10;1-7-3-4-8(2)9(5-7)6-10;1-7-2-4-8(6-9)5-3-7;1-7-4-2-3-5-8(7)6-9;8-5-6-2-1-3-7-4-6;2*6-3-5-1-2-7-4-5/h4-8H,1-3H3;3-6H,1-2H3;2*2-6H,1H3;1-5H;2*1-4H. The number of aryl methyl sites for hydroxylation is 4. The molecule has 0 aliphatic rings. The summed E-state index contributed by atoms with van der Waals surface area (Å²) in [5, 5.41) is 3.69. The Labute approximate surface area is 368 Å². The number of rotatable bonds is 7. The fraction of sp³-hybridized carbons (Fsp3) is 0.154. The number of aldehydes is 7. The van der Waals surface area contributed by atoms with E-state index in [4.69, 9.17) is 0 Å². The molecule has 0 saturated heterocycles. The lowest BCUT2D eigenvalue weighted by Gasteiger charge is -2.18. The van der Waals surface area contributed by atoms with Crippen molar-refractivity contribution in [2.45, 2.75) is 53.9 Å². The van der Waals surface area contributed by atoms with E-state index in [1.807, 2.05) is 129 Å². The summed E-state index contributed by atoms with van der Waals surface area (Å²) in [4.78, 5) is 74.5. The first kappa shape index (κ1) is 52.7. The molecule has 0 fully saturated rings. The highest BCUT2D eigenvalue weighted by Gasteiger charge is 2.12. The number of hydrogen-bond donors (Lipinski definition) is 0. The molecule has 7 rings (SSSR count). The number of nitrogens with zero attached hydrogens (tertiary/aromatic N) is 1. The van der Waals surface area contributed by atoms with Gasteiger partial charge >= 0.3 is 0 Å². The van der Waals surface area contributed by atoms with Gasteiger partial charge in [-0.2, -0.15) is 11.3 Å². The zero-order chi connectivity index (χ0) is 46.2. The van der Waals surface area contributed by atoms with E-state index in [-0.39, 0.29) is 5.41 Å². The molecule has 0 saturated carbocycles. The van der Waals surface area contributed by atoms with Gasteiger partial charge in [0.2, 0.25) is 0 Å². The molecule has 0 bridgehead atoms. The molecule has 0 amide bonds. The molecule has 62 heavy (non-hydrogen) atoms. The summed E-state index contributed by atoms with van der Waals surface area (Å²) in [7, 11) is 0. The van der Waals surface area contributed by atoms with Gasteiger partial charge in [-0.1, -0.05) is 117 Å². The SMILES string of the molecule is CC(C)(C)c1ccc(C=O)cc1.Cc1ccc(C)c(C=O)c1.Cc1ccc(C=O)cc1.Cc1ccccc1C=O.O=Cc1cccnc1.O=Cc1ccoc1.O=Cc1ccsc1. The van der Waals surface area contributed by atoms with Gasteiger partial charge in [-0.05, 0) is 85.5 Å². The van der Waals surface area contributed by atoms with Gasteiger partial charge in [-0.25, -0.2) is 0 Å². The second-order valence-electron chi connectivity index (χ2n) is 14.2. The Morgan fingerprint density at radius 1 is 0.500 bits per heavy atom. The van der Waals surface area contributed by atoms with Crippen LogP contribution < -0.4 is 0 Å². The monoisotopic (exact) mass is 851 g/mol. The Bertz CT molecular complexity index is 2290. The van der Waals surface area contributed by atoms with Crippen LogP contribution in [0.25, 0.3) is 0 Å². The normalized spacial score (nSPS) is 9.34. The topological polar surface area (TPSA) is 146 Å². The minimum atomic E-state index is 0.168. The van der Waals surface area contributed by atoms with Gasteiger partial charge in [0.25, 0.3) is 0 Å². The number of hydrogen-bond acceptors (Lipinski definition) is 10. The number of benzene rings is 4. The zero-order valence-electron chi connectivity index (χ0n) is 36.1. The summed E-state index contributed by atoms with van der Waals surface area (Å²) in [6, 6.07) is 35.4. The molecule has 3 aromatic heterocycles. The van der Waals surface area contributed by atoms with E-state index in [1.165, 1.54) is 41.2 Å². The van der Waals surface area contributed by atoms with Gasteiger partial charge in [0.1, 0.15) is 31.4 Å². The third-order valence-electron chi connectivity index (χ3n) is 8.18. The number of pyridine rings is 1. The fourth-order valence-electron chi connectivity index (χ4n) is 4.44. The Hall–Kier alpha value is -7.30. The summed E-state index contributed by atoms with van der Waals surface area (Å²) in [5.74, 6) is 0. The Kier molecular flexibility index (Phi) is 26.1. The molecule has 3 heterocycles. The lowest BCUT2D eigenvalue weighted by molar-refractivity contribution is 0.111. The summed E-state index contributed by atoms with van der Waals surface area (Å²) in [6.07, 6.45) is 11.8. The van der Waals surface area contributed by atoms with Gasteiger partial charge in [-0.3, -0.25) is 38.5 Å². The molecule has 0 atom stereocenters. The van der Waals surface area contributed by atoms with Crippen LogP contribution in [0.4, 0.5) is 0 Å². The lowest BCUT2D eigenvalue weighted by atomic mass is 9.87. The van der Waals surface area contributed by atoms with Crippen molar-refractivity contribution in [1.29, 1.82) is 0 Å². The highest BCUT2D eigenvalue weighted by Crippen LogP contribution is 2.21. The number of thiophene rings is 1. The number of carbonyl (C=O) groups excluding carboxylic acids is 7. The van der Waals surface area contributed by atoms with Crippen LogP contribution in [0.1, 0.15) is 121 Å². The smallest absolute Gasteiger partial charge is 0.153 e. The fourth-order valence-corrected chi connectivity index (χ4v) is 5.05. The molecule has 320 valence electrons. The average Bonchev–Trinajstić information content (AvgIpc) is 4.05. The molecule has 9 nitrogen and oxygen atoms in total. The quantitative estimate of drug-likeness (QED) is 0.143. The first-order chi connectivity index (χ1) is 29.7. The van der Waals surface area contributed by atoms with E-state index < -0.39 is 0 Å². The Morgan fingerprint density at radius 3 is 1.42 bits per heavy atom. The maximum atomic E-state index is 10.4. The van der Waals surface area contributed by atoms with Gasteiger partial charge in [0.15, 0.2) is 18.9 Å². The maximum absolute atomic E-state index is 10.4. The minimum Gasteiger partial charge on any atom is -0.472 e. The van der Waals surface area contributed by atoms with Gasteiger partial charge in [0.05, 0.1) is 11.8 Å². The van der Waals surface area contributed by atoms with E-state index >= 15 is 0 Å². The summed E-state index contributed by atoms with van der Waals surface area (Å²) in [6.45, 7) is 14.3. The predicted molar refractivity (Wildman–Crippen MR) is 248 cm³/mol. The molecule has 0 unspecified atom stereocenters. The molecule has 10 heteroatoms. The molecule has 0 N–H and O–H groups in total. The van der Waals surface area contributed by atoms with E-state index in [2.05, 4.69) is 30.2 Å². The van der Waals surface area contributed by atoms with Crippen LogP contribution in [-0.4, -0.2) is 49.0 Å². The lowest BCUT2D eigenvalue weighted by Crippen LogP contribution is -2.10. The Morgan fingerprint density at radius 2 is 1.05 bits per heavy atom. The average molecular weight is 852 g/mol. The number of aromatic nitrogens is 1. The largest absolute Gasteiger partial charge is 0.472 e. The third kappa shape index (κ3) is 22.7. The second-order valence-corrected chi connectivity index (χ2v) is 15.0. The van der Waals surface area contributed by atoms with Crippen molar-refractivity contribution in [3.63, 3.8) is 0 Å². The van der Waals surface area contributed by atoms with Gasteiger partial charge in [0, 0.05) is 51.2 Å². The minimum absolute atomic E-state index is 0.168. The summed E-state index contributed by atoms with van der Waals surface area (Å²) >= 11 is 1.53. The van der Waals surface area contributed by atoms with Crippen molar-refractivity contribution < 1.29 is 38.0 Å². The third-order valence-corrected chi connectivity index (χ3v) is 8.88. The maximum Gasteiger partial charge on any atom is 0.153 e. The van der Waals surface area contributed by atoms with Crippen LogP contribution in [-0.2, 0) is 5.41 Å².